The van der Waals surface area contributed by atoms with Gasteiger partial charge in [-0.2, -0.15) is 5.26 Å². The van der Waals surface area contributed by atoms with Crippen molar-refractivity contribution in [1.82, 2.24) is 10.1 Å². The highest BCUT2D eigenvalue weighted by Crippen LogP contribution is 2.37. The summed E-state index contributed by atoms with van der Waals surface area (Å²) in [5, 5.41) is 13.5. The molecule has 0 saturated heterocycles. The minimum atomic E-state index is 0.148. The summed E-state index contributed by atoms with van der Waals surface area (Å²) in [7, 11) is 3.14. The van der Waals surface area contributed by atoms with E-state index < -0.39 is 0 Å². The fourth-order valence-corrected chi connectivity index (χ4v) is 2.89. The molecule has 0 radical (unpaired) electrons. The van der Waals surface area contributed by atoms with Crippen LogP contribution in [0, 0.1) is 25.2 Å². The van der Waals surface area contributed by atoms with Crippen LogP contribution in [0.4, 0.5) is 5.82 Å². The van der Waals surface area contributed by atoms with Gasteiger partial charge in [0.05, 0.1) is 25.6 Å². The lowest BCUT2D eigenvalue weighted by Gasteiger charge is -2.12. The summed E-state index contributed by atoms with van der Waals surface area (Å²) in [5.74, 6) is 1.95. The Bertz CT molecular complexity index is 999. The molecule has 26 heavy (non-hydrogen) atoms. The fourth-order valence-electron chi connectivity index (χ4n) is 2.89. The first kappa shape index (κ1) is 17.3. The monoisotopic (exact) mass is 350 g/mol. The lowest BCUT2D eigenvalue weighted by Crippen LogP contribution is -2.01. The molecule has 0 aliphatic heterocycles. The molecule has 1 aromatic carbocycles. The molecule has 0 aliphatic rings. The van der Waals surface area contributed by atoms with Crippen LogP contribution in [0.3, 0.4) is 0 Å². The van der Waals surface area contributed by atoms with Gasteiger partial charge in [0.2, 0.25) is 0 Å². The summed E-state index contributed by atoms with van der Waals surface area (Å²) in [6, 6.07) is 9.39. The molecule has 0 amide bonds. The lowest BCUT2D eigenvalue weighted by molar-refractivity contribution is 0.355. The highest BCUT2D eigenvalue weighted by molar-refractivity contribution is 5.82. The van der Waals surface area contributed by atoms with Gasteiger partial charge in [0.1, 0.15) is 23.2 Å². The van der Waals surface area contributed by atoms with E-state index in [2.05, 4.69) is 16.2 Å². The molecule has 7 nitrogen and oxygen atoms in total. The molecule has 3 rings (SSSR count). The van der Waals surface area contributed by atoms with Crippen molar-refractivity contribution >= 4 is 5.82 Å². The summed E-state index contributed by atoms with van der Waals surface area (Å²) in [4.78, 5) is 4.38. The number of anilines is 1. The molecular weight excluding hydrogens is 332 g/mol. The SMILES string of the molecule is COc1ccc(-c2cc(-c3c(C)noc3C)c(C#N)c(N)n2)cc1OC. The third-order valence-corrected chi connectivity index (χ3v) is 4.14. The molecule has 7 heteroatoms. The van der Waals surface area contributed by atoms with Crippen molar-refractivity contribution in [3.05, 3.63) is 41.3 Å². The predicted molar refractivity (Wildman–Crippen MR) is 96.9 cm³/mol. The number of methoxy groups -OCH3 is 2. The first-order chi connectivity index (χ1) is 12.5. The van der Waals surface area contributed by atoms with Crippen LogP contribution in [0.15, 0.2) is 28.8 Å². The normalized spacial score (nSPS) is 10.4. The summed E-state index contributed by atoms with van der Waals surface area (Å²) >= 11 is 0. The average molecular weight is 350 g/mol. The van der Waals surface area contributed by atoms with E-state index in [-0.39, 0.29) is 5.82 Å². The second-order valence-corrected chi connectivity index (χ2v) is 5.70. The number of aryl methyl sites for hydroxylation is 2. The van der Waals surface area contributed by atoms with Crippen molar-refractivity contribution in [3.63, 3.8) is 0 Å². The molecule has 0 fully saturated rings. The van der Waals surface area contributed by atoms with Gasteiger partial charge in [-0.05, 0) is 38.1 Å². The average Bonchev–Trinajstić information content (AvgIpc) is 2.98. The summed E-state index contributed by atoms with van der Waals surface area (Å²) < 4.78 is 15.9. The van der Waals surface area contributed by atoms with Crippen LogP contribution in [0.2, 0.25) is 0 Å². The lowest BCUT2D eigenvalue weighted by atomic mass is 9.97. The zero-order valence-corrected chi connectivity index (χ0v) is 15.0. The van der Waals surface area contributed by atoms with E-state index in [1.165, 1.54) is 0 Å². The van der Waals surface area contributed by atoms with Gasteiger partial charge in [0, 0.05) is 16.7 Å². The predicted octanol–water partition coefficient (Wildman–Crippen LogP) is 3.49. The second-order valence-electron chi connectivity index (χ2n) is 5.70. The van der Waals surface area contributed by atoms with Gasteiger partial charge in [-0.3, -0.25) is 0 Å². The number of nitrogens with two attached hydrogens (primary N) is 1. The van der Waals surface area contributed by atoms with Gasteiger partial charge in [-0.25, -0.2) is 4.98 Å². The Morgan fingerprint density at radius 3 is 2.42 bits per heavy atom. The molecule has 0 bridgehead atoms. The number of hydrogen-bond acceptors (Lipinski definition) is 7. The largest absolute Gasteiger partial charge is 0.493 e. The molecule has 3 aromatic rings. The van der Waals surface area contributed by atoms with Crippen molar-refractivity contribution in [1.29, 1.82) is 5.26 Å². The summed E-state index contributed by atoms with van der Waals surface area (Å²) in [5.41, 5.74) is 9.82. The number of ether oxygens (including phenoxy) is 2. The highest BCUT2D eigenvalue weighted by atomic mass is 16.5. The third kappa shape index (κ3) is 2.82. The van der Waals surface area contributed by atoms with E-state index in [1.807, 2.05) is 25.1 Å². The van der Waals surface area contributed by atoms with E-state index in [0.717, 1.165) is 11.1 Å². The fraction of sp³-hybridized carbons (Fsp3) is 0.211. The van der Waals surface area contributed by atoms with Crippen LogP contribution in [0.25, 0.3) is 22.4 Å². The molecule has 0 spiro atoms. The smallest absolute Gasteiger partial charge is 0.161 e. The minimum absolute atomic E-state index is 0.148. The van der Waals surface area contributed by atoms with Crippen molar-refractivity contribution in [3.8, 4) is 40.0 Å². The zero-order chi connectivity index (χ0) is 18.8. The maximum Gasteiger partial charge on any atom is 0.161 e. The van der Waals surface area contributed by atoms with Gasteiger partial charge in [0.15, 0.2) is 11.5 Å². The number of nitriles is 1. The Morgan fingerprint density at radius 1 is 1.12 bits per heavy atom. The zero-order valence-electron chi connectivity index (χ0n) is 15.0. The highest BCUT2D eigenvalue weighted by Gasteiger charge is 2.20. The molecule has 0 aliphatic carbocycles. The first-order valence-electron chi connectivity index (χ1n) is 7.86. The molecule has 2 heterocycles. The van der Waals surface area contributed by atoms with Crippen molar-refractivity contribution < 1.29 is 14.0 Å². The van der Waals surface area contributed by atoms with Gasteiger partial charge in [-0.1, -0.05) is 5.16 Å². The van der Waals surface area contributed by atoms with Crippen LogP contribution in [0.1, 0.15) is 17.0 Å². The number of aromatic nitrogens is 2. The van der Waals surface area contributed by atoms with Crippen molar-refractivity contribution in [2.45, 2.75) is 13.8 Å². The van der Waals surface area contributed by atoms with Gasteiger partial charge in [0.25, 0.3) is 0 Å². The van der Waals surface area contributed by atoms with Crippen molar-refractivity contribution in [2.75, 3.05) is 20.0 Å². The van der Waals surface area contributed by atoms with Gasteiger partial charge >= 0.3 is 0 Å². The van der Waals surface area contributed by atoms with E-state index in [9.17, 15) is 5.26 Å². The number of nitrogen functional groups attached to an aromatic ring is 1. The molecule has 0 unspecified atom stereocenters. The molecule has 2 aromatic heterocycles. The molecule has 0 atom stereocenters. The summed E-state index contributed by atoms with van der Waals surface area (Å²) in [6.07, 6.45) is 0. The van der Waals surface area contributed by atoms with E-state index in [4.69, 9.17) is 19.7 Å². The topological polar surface area (TPSA) is 107 Å². The van der Waals surface area contributed by atoms with Crippen LogP contribution in [0.5, 0.6) is 11.5 Å². The molecule has 0 saturated carbocycles. The van der Waals surface area contributed by atoms with Gasteiger partial charge in [-0.15, -0.1) is 0 Å². The molecule has 2 N–H and O–H groups in total. The Balaban J connectivity index is 2.24. The standard InChI is InChI=1S/C19H18N4O3/c1-10-18(11(2)26-23-10)13-8-15(22-19(21)14(13)9-20)12-5-6-16(24-3)17(7-12)25-4/h5-8H,1-4H3,(H2,21,22). The number of nitrogens with zero attached hydrogens (tertiary/aromatic N) is 3. The van der Waals surface area contributed by atoms with E-state index in [1.54, 1.807) is 27.2 Å². The Labute approximate surface area is 151 Å². The molecule has 132 valence electrons. The van der Waals surface area contributed by atoms with Crippen LogP contribution in [-0.2, 0) is 0 Å². The quantitative estimate of drug-likeness (QED) is 0.767. The molecular formula is C19H18N4O3. The minimum Gasteiger partial charge on any atom is -0.493 e. The maximum atomic E-state index is 9.53. The maximum absolute atomic E-state index is 9.53. The first-order valence-corrected chi connectivity index (χ1v) is 7.86. The number of pyridine rings is 1. The van der Waals surface area contributed by atoms with Gasteiger partial charge < -0.3 is 19.7 Å². The number of benzene rings is 1. The Morgan fingerprint density at radius 2 is 1.85 bits per heavy atom. The van der Waals surface area contributed by atoms with E-state index in [0.29, 0.717) is 39.8 Å². The van der Waals surface area contributed by atoms with Crippen LogP contribution < -0.4 is 15.2 Å². The Hall–Kier alpha value is -3.53. The summed E-state index contributed by atoms with van der Waals surface area (Å²) in [6.45, 7) is 3.61. The number of hydrogen-bond donors (Lipinski definition) is 1. The van der Waals surface area contributed by atoms with E-state index >= 15 is 0 Å². The van der Waals surface area contributed by atoms with Crippen LogP contribution >= 0.6 is 0 Å². The third-order valence-electron chi connectivity index (χ3n) is 4.14. The second kappa shape index (κ2) is 6.76. The van der Waals surface area contributed by atoms with Crippen LogP contribution in [-0.4, -0.2) is 24.4 Å². The Kier molecular flexibility index (Phi) is 4.50. The van der Waals surface area contributed by atoms with Crippen molar-refractivity contribution in [2.24, 2.45) is 0 Å². The number of rotatable bonds is 4.